The van der Waals surface area contributed by atoms with Gasteiger partial charge >= 0.3 is 5.97 Å². The average Bonchev–Trinajstić information content (AvgIpc) is 2.48. The molecule has 0 aliphatic carbocycles. The van der Waals surface area contributed by atoms with Gasteiger partial charge in [-0.2, -0.15) is 0 Å². The maximum Gasteiger partial charge on any atom is 0.316 e. The second-order valence-electron chi connectivity index (χ2n) is 4.49. The molecular formula is C16H17NO3. The normalized spacial score (nSPS) is 11.7. The van der Waals surface area contributed by atoms with Crippen molar-refractivity contribution < 1.29 is 14.3 Å². The van der Waals surface area contributed by atoms with E-state index < -0.39 is 5.92 Å². The zero-order chi connectivity index (χ0) is 14.4. The van der Waals surface area contributed by atoms with Crippen LogP contribution in [-0.2, 0) is 9.53 Å². The Morgan fingerprint density at radius 2 is 2.15 bits per heavy atom. The van der Waals surface area contributed by atoms with Crippen molar-refractivity contribution in [3.8, 4) is 5.75 Å². The fourth-order valence-electron chi connectivity index (χ4n) is 1.91. The van der Waals surface area contributed by atoms with E-state index in [9.17, 15) is 4.79 Å². The molecule has 104 valence electrons. The lowest BCUT2D eigenvalue weighted by atomic mass is 10.0. The Hall–Kier alpha value is -2.36. The van der Waals surface area contributed by atoms with Gasteiger partial charge in [0, 0.05) is 12.4 Å². The van der Waals surface area contributed by atoms with Gasteiger partial charge in [0.15, 0.2) is 0 Å². The van der Waals surface area contributed by atoms with E-state index in [4.69, 9.17) is 9.47 Å². The van der Waals surface area contributed by atoms with Crippen LogP contribution in [0.25, 0.3) is 0 Å². The van der Waals surface area contributed by atoms with Crippen molar-refractivity contribution in [2.45, 2.75) is 12.8 Å². The minimum absolute atomic E-state index is 0.224. The van der Waals surface area contributed by atoms with Crippen LogP contribution in [0.15, 0.2) is 48.8 Å². The molecule has 1 aromatic heterocycles. The first-order valence-electron chi connectivity index (χ1n) is 6.38. The summed E-state index contributed by atoms with van der Waals surface area (Å²) in [5.74, 6) is -0.0670. The van der Waals surface area contributed by atoms with Gasteiger partial charge in [-0.1, -0.05) is 18.2 Å². The highest BCUT2D eigenvalue weighted by Crippen LogP contribution is 2.19. The number of pyridine rings is 1. The monoisotopic (exact) mass is 271 g/mol. The Morgan fingerprint density at radius 3 is 2.80 bits per heavy atom. The molecule has 0 saturated carbocycles. The summed E-state index contributed by atoms with van der Waals surface area (Å²) in [6.07, 6.45) is 3.32. The summed E-state index contributed by atoms with van der Waals surface area (Å²) in [5.41, 5.74) is 1.89. The molecule has 0 N–H and O–H groups in total. The standard InChI is InChI=1S/C16H17NO3/c1-12-5-3-7-14(9-12)20-11-15(16(18)19-2)13-6-4-8-17-10-13/h3-10,15H,11H2,1-2H3. The van der Waals surface area contributed by atoms with Crippen LogP contribution in [-0.4, -0.2) is 24.7 Å². The van der Waals surface area contributed by atoms with Gasteiger partial charge in [-0.25, -0.2) is 0 Å². The number of ether oxygens (including phenoxy) is 2. The van der Waals surface area contributed by atoms with Crippen molar-refractivity contribution in [1.29, 1.82) is 0 Å². The number of methoxy groups -OCH3 is 1. The molecule has 4 heteroatoms. The molecule has 0 radical (unpaired) electrons. The molecule has 0 spiro atoms. The molecule has 1 unspecified atom stereocenters. The number of rotatable bonds is 5. The molecule has 0 aliphatic rings. The first-order chi connectivity index (χ1) is 9.70. The molecule has 1 atom stereocenters. The number of hydrogen-bond donors (Lipinski definition) is 0. The largest absolute Gasteiger partial charge is 0.492 e. The van der Waals surface area contributed by atoms with Crippen molar-refractivity contribution in [2.75, 3.05) is 13.7 Å². The molecule has 0 bridgehead atoms. The second kappa shape index (κ2) is 6.70. The fraction of sp³-hybridized carbons (Fsp3) is 0.250. The minimum atomic E-state index is -0.478. The molecule has 0 saturated heterocycles. The number of carbonyl (C=O) groups excluding carboxylic acids is 1. The minimum Gasteiger partial charge on any atom is -0.492 e. The number of carbonyl (C=O) groups is 1. The highest BCUT2D eigenvalue weighted by atomic mass is 16.5. The molecule has 20 heavy (non-hydrogen) atoms. The summed E-state index contributed by atoms with van der Waals surface area (Å²) < 4.78 is 10.5. The maximum atomic E-state index is 11.9. The third-order valence-corrected chi connectivity index (χ3v) is 2.98. The Balaban J connectivity index is 2.11. The molecule has 1 heterocycles. The molecule has 1 aromatic carbocycles. The van der Waals surface area contributed by atoms with Crippen LogP contribution in [0, 0.1) is 6.92 Å². The van der Waals surface area contributed by atoms with Crippen molar-refractivity contribution in [1.82, 2.24) is 4.98 Å². The Bertz CT molecular complexity index is 569. The lowest BCUT2D eigenvalue weighted by Gasteiger charge is -2.15. The second-order valence-corrected chi connectivity index (χ2v) is 4.49. The van der Waals surface area contributed by atoms with Crippen molar-refractivity contribution in [2.24, 2.45) is 0 Å². The van der Waals surface area contributed by atoms with Crippen LogP contribution < -0.4 is 4.74 Å². The fourth-order valence-corrected chi connectivity index (χ4v) is 1.91. The van der Waals surface area contributed by atoms with E-state index in [0.29, 0.717) is 0 Å². The number of aryl methyl sites for hydroxylation is 1. The molecule has 0 aliphatic heterocycles. The van der Waals surface area contributed by atoms with Gasteiger partial charge < -0.3 is 9.47 Å². The van der Waals surface area contributed by atoms with Crippen LogP contribution in [0.1, 0.15) is 17.0 Å². The van der Waals surface area contributed by atoms with Gasteiger partial charge in [0.25, 0.3) is 0 Å². The van der Waals surface area contributed by atoms with Gasteiger partial charge in [0.05, 0.1) is 7.11 Å². The summed E-state index contributed by atoms with van der Waals surface area (Å²) >= 11 is 0. The third kappa shape index (κ3) is 3.57. The van der Waals surface area contributed by atoms with Crippen LogP contribution in [0.5, 0.6) is 5.75 Å². The Kier molecular flexibility index (Phi) is 4.71. The first kappa shape index (κ1) is 14.1. The first-order valence-corrected chi connectivity index (χ1v) is 6.38. The number of esters is 1. The van der Waals surface area contributed by atoms with E-state index >= 15 is 0 Å². The smallest absolute Gasteiger partial charge is 0.316 e. The predicted octanol–water partition coefficient (Wildman–Crippen LogP) is 2.73. The van der Waals surface area contributed by atoms with Crippen LogP contribution in [0.2, 0.25) is 0 Å². The molecule has 0 fully saturated rings. The third-order valence-electron chi connectivity index (χ3n) is 2.98. The predicted molar refractivity (Wildman–Crippen MR) is 75.7 cm³/mol. The topological polar surface area (TPSA) is 48.4 Å². The van der Waals surface area contributed by atoms with Gasteiger partial charge in [-0.3, -0.25) is 9.78 Å². The summed E-state index contributed by atoms with van der Waals surface area (Å²) in [7, 11) is 1.37. The molecule has 2 rings (SSSR count). The maximum absolute atomic E-state index is 11.9. The summed E-state index contributed by atoms with van der Waals surface area (Å²) in [6, 6.07) is 11.3. The summed E-state index contributed by atoms with van der Waals surface area (Å²) in [4.78, 5) is 15.9. The van der Waals surface area contributed by atoms with Crippen molar-refractivity contribution >= 4 is 5.97 Å². The zero-order valence-corrected chi connectivity index (χ0v) is 11.6. The van der Waals surface area contributed by atoms with E-state index in [-0.39, 0.29) is 12.6 Å². The van der Waals surface area contributed by atoms with E-state index in [1.54, 1.807) is 18.5 Å². The molecular weight excluding hydrogens is 254 g/mol. The quantitative estimate of drug-likeness (QED) is 0.784. The van der Waals surface area contributed by atoms with Crippen molar-refractivity contribution in [3.63, 3.8) is 0 Å². The van der Waals surface area contributed by atoms with Gasteiger partial charge in [-0.15, -0.1) is 0 Å². The van der Waals surface area contributed by atoms with Crippen LogP contribution in [0.4, 0.5) is 0 Å². The lowest BCUT2D eigenvalue weighted by Crippen LogP contribution is -2.21. The highest BCUT2D eigenvalue weighted by molar-refractivity contribution is 5.78. The number of nitrogens with zero attached hydrogens (tertiary/aromatic N) is 1. The van der Waals surface area contributed by atoms with Gasteiger partial charge in [0.1, 0.15) is 18.3 Å². The molecule has 0 amide bonds. The summed E-state index contributed by atoms with van der Waals surface area (Å²) in [6.45, 7) is 2.22. The Morgan fingerprint density at radius 1 is 1.30 bits per heavy atom. The van der Waals surface area contributed by atoms with Crippen LogP contribution in [0.3, 0.4) is 0 Å². The van der Waals surface area contributed by atoms with Gasteiger partial charge in [-0.05, 0) is 36.2 Å². The Labute approximate surface area is 118 Å². The van der Waals surface area contributed by atoms with E-state index in [0.717, 1.165) is 16.9 Å². The van der Waals surface area contributed by atoms with E-state index in [1.165, 1.54) is 7.11 Å². The molecule has 4 nitrogen and oxygen atoms in total. The summed E-state index contributed by atoms with van der Waals surface area (Å²) in [5, 5.41) is 0. The van der Waals surface area contributed by atoms with Crippen molar-refractivity contribution in [3.05, 3.63) is 59.9 Å². The van der Waals surface area contributed by atoms with Gasteiger partial charge in [0.2, 0.25) is 0 Å². The highest BCUT2D eigenvalue weighted by Gasteiger charge is 2.22. The number of benzene rings is 1. The average molecular weight is 271 g/mol. The SMILES string of the molecule is COC(=O)C(COc1cccc(C)c1)c1cccnc1. The zero-order valence-electron chi connectivity index (χ0n) is 11.6. The van der Waals surface area contributed by atoms with E-state index in [2.05, 4.69) is 4.98 Å². The number of hydrogen-bond acceptors (Lipinski definition) is 4. The van der Waals surface area contributed by atoms with Crippen LogP contribution >= 0.6 is 0 Å². The lowest BCUT2D eigenvalue weighted by molar-refractivity contribution is -0.143. The van der Waals surface area contributed by atoms with E-state index in [1.807, 2.05) is 37.3 Å². The number of aromatic nitrogens is 1. The molecule has 2 aromatic rings.